The average molecular weight is 394 g/mol. The zero-order chi connectivity index (χ0) is 21.3. The van der Waals surface area contributed by atoms with Gasteiger partial charge in [0, 0.05) is 32.4 Å². The lowest BCUT2D eigenvalue weighted by molar-refractivity contribution is 0.354. The Kier molecular flexibility index (Phi) is 5.87. The smallest absolute Gasteiger partial charge is 0.201 e. The molecule has 1 heterocycles. The molecular weight excluding hydrogens is 362 g/mol. The second kappa shape index (κ2) is 8.19. The highest BCUT2D eigenvalue weighted by molar-refractivity contribution is 5.92. The molecule has 154 valence electrons. The highest BCUT2D eigenvalue weighted by atomic mass is 16.5. The molecule has 0 aromatic heterocycles. The van der Waals surface area contributed by atoms with Crippen molar-refractivity contribution in [1.82, 2.24) is 9.80 Å². The van der Waals surface area contributed by atoms with Gasteiger partial charge in [-0.25, -0.2) is 0 Å². The fourth-order valence-electron chi connectivity index (χ4n) is 4.37. The number of guanidine groups is 1. The van der Waals surface area contributed by atoms with Crippen molar-refractivity contribution in [3.8, 4) is 11.5 Å². The fourth-order valence-corrected chi connectivity index (χ4v) is 4.37. The van der Waals surface area contributed by atoms with Crippen LogP contribution in [0.3, 0.4) is 0 Å². The van der Waals surface area contributed by atoms with Crippen LogP contribution in [-0.2, 0) is 0 Å². The van der Waals surface area contributed by atoms with Gasteiger partial charge in [0.1, 0.15) is 0 Å². The van der Waals surface area contributed by atoms with E-state index in [0.717, 1.165) is 23.0 Å². The number of likely N-dealkylation sites (N-methyl/N-ethyl adjacent to an activating group) is 1. The monoisotopic (exact) mass is 393 g/mol. The molecule has 5 heteroatoms. The van der Waals surface area contributed by atoms with E-state index < -0.39 is 0 Å². The number of aryl methyl sites for hydroxylation is 3. The molecule has 0 fully saturated rings. The van der Waals surface area contributed by atoms with Crippen molar-refractivity contribution in [1.29, 1.82) is 0 Å². The Morgan fingerprint density at radius 1 is 0.897 bits per heavy atom. The quantitative estimate of drug-likeness (QED) is 0.762. The van der Waals surface area contributed by atoms with E-state index in [1.54, 1.807) is 14.2 Å². The van der Waals surface area contributed by atoms with E-state index in [-0.39, 0.29) is 6.04 Å². The maximum absolute atomic E-state index is 5.53. The molecule has 2 aromatic rings. The summed E-state index contributed by atoms with van der Waals surface area (Å²) >= 11 is 0. The van der Waals surface area contributed by atoms with Crippen molar-refractivity contribution in [3.63, 3.8) is 0 Å². The molecule has 1 aliphatic heterocycles. The predicted molar refractivity (Wildman–Crippen MR) is 120 cm³/mol. The summed E-state index contributed by atoms with van der Waals surface area (Å²) in [5.41, 5.74) is 7.35. The molecule has 0 bridgehead atoms. The molecule has 0 saturated heterocycles. The van der Waals surface area contributed by atoms with Gasteiger partial charge in [0.15, 0.2) is 11.5 Å². The number of aliphatic imine (C=N–C) groups is 1. The van der Waals surface area contributed by atoms with Crippen LogP contribution in [0.15, 0.2) is 41.4 Å². The molecule has 0 N–H and O–H groups in total. The summed E-state index contributed by atoms with van der Waals surface area (Å²) in [6, 6.07) is 10.6. The third kappa shape index (κ3) is 3.69. The van der Waals surface area contributed by atoms with E-state index in [2.05, 4.69) is 66.9 Å². The van der Waals surface area contributed by atoms with Gasteiger partial charge in [0.2, 0.25) is 5.96 Å². The Morgan fingerprint density at radius 3 is 2.07 bits per heavy atom. The summed E-state index contributed by atoms with van der Waals surface area (Å²) in [6.07, 6.45) is 2.31. The standard InChI is InChI=1S/C24H31N3O2/c1-15-11-16(2)23(17(3)12-15)20-14-19(26(5)24(25-4)27(20)6)18-9-10-21(28-7)22(13-18)29-8/h9-14,20H,1-8H3/b25-24+. The average Bonchev–Trinajstić information content (AvgIpc) is 2.68. The largest absolute Gasteiger partial charge is 0.493 e. The lowest BCUT2D eigenvalue weighted by Crippen LogP contribution is -2.45. The molecule has 1 unspecified atom stereocenters. The van der Waals surface area contributed by atoms with Crippen LogP contribution in [0.4, 0.5) is 0 Å². The SMILES string of the molecule is C/N=C1\N(C)C(c2ccc(OC)c(OC)c2)=CC(c2c(C)cc(C)cc2C)N1C. The van der Waals surface area contributed by atoms with Crippen LogP contribution in [0.25, 0.3) is 5.70 Å². The Hall–Kier alpha value is -2.95. The molecule has 0 spiro atoms. The van der Waals surface area contributed by atoms with Gasteiger partial charge in [0.05, 0.1) is 20.3 Å². The molecular formula is C24H31N3O2. The predicted octanol–water partition coefficient (Wildman–Crippen LogP) is 4.57. The highest BCUT2D eigenvalue weighted by Gasteiger charge is 2.31. The van der Waals surface area contributed by atoms with Gasteiger partial charge >= 0.3 is 0 Å². The van der Waals surface area contributed by atoms with E-state index in [1.165, 1.54) is 22.3 Å². The van der Waals surface area contributed by atoms with E-state index in [1.807, 2.05) is 26.2 Å². The van der Waals surface area contributed by atoms with Crippen molar-refractivity contribution in [2.45, 2.75) is 26.8 Å². The maximum atomic E-state index is 5.53. The number of rotatable bonds is 4. The van der Waals surface area contributed by atoms with E-state index in [0.29, 0.717) is 5.75 Å². The zero-order valence-corrected chi connectivity index (χ0v) is 18.7. The molecule has 0 amide bonds. The molecule has 0 saturated carbocycles. The molecule has 3 rings (SSSR count). The van der Waals surface area contributed by atoms with E-state index >= 15 is 0 Å². The van der Waals surface area contributed by atoms with E-state index in [9.17, 15) is 0 Å². The van der Waals surface area contributed by atoms with Gasteiger partial charge in [0.25, 0.3) is 0 Å². The number of benzene rings is 2. The van der Waals surface area contributed by atoms with Crippen molar-refractivity contribution < 1.29 is 9.47 Å². The molecule has 29 heavy (non-hydrogen) atoms. The minimum Gasteiger partial charge on any atom is -0.493 e. The van der Waals surface area contributed by atoms with Crippen molar-refractivity contribution in [3.05, 3.63) is 64.2 Å². The second-order valence-electron chi connectivity index (χ2n) is 7.57. The Labute approximate surface area is 174 Å². The topological polar surface area (TPSA) is 37.3 Å². The maximum Gasteiger partial charge on any atom is 0.201 e. The van der Waals surface area contributed by atoms with Crippen LogP contribution in [0.5, 0.6) is 11.5 Å². The molecule has 1 atom stereocenters. The molecule has 2 aromatic carbocycles. The van der Waals surface area contributed by atoms with Gasteiger partial charge < -0.3 is 19.3 Å². The minimum absolute atomic E-state index is 0.0913. The van der Waals surface area contributed by atoms with Crippen LogP contribution in [0, 0.1) is 20.8 Å². The zero-order valence-electron chi connectivity index (χ0n) is 18.7. The highest BCUT2D eigenvalue weighted by Crippen LogP contribution is 2.38. The molecule has 0 radical (unpaired) electrons. The fraction of sp³-hybridized carbons (Fsp3) is 0.375. The lowest BCUT2D eigenvalue weighted by Gasteiger charge is -2.41. The first-order chi connectivity index (χ1) is 13.8. The summed E-state index contributed by atoms with van der Waals surface area (Å²) in [5.74, 6) is 2.35. The van der Waals surface area contributed by atoms with Crippen LogP contribution in [0.1, 0.15) is 33.9 Å². The minimum atomic E-state index is 0.0913. The van der Waals surface area contributed by atoms with Crippen LogP contribution >= 0.6 is 0 Å². The summed E-state index contributed by atoms with van der Waals surface area (Å²) in [4.78, 5) is 8.94. The number of methoxy groups -OCH3 is 2. The van der Waals surface area contributed by atoms with Gasteiger partial charge in [-0.05, 0) is 61.7 Å². The van der Waals surface area contributed by atoms with Crippen molar-refractivity contribution >= 4 is 11.7 Å². The normalized spacial score (nSPS) is 18.1. The number of hydrogen-bond donors (Lipinski definition) is 0. The summed E-state index contributed by atoms with van der Waals surface area (Å²) in [7, 11) is 9.30. The number of ether oxygens (including phenoxy) is 2. The summed E-state index contributed by atoms with van der Waals surface area (Å²) in [5, 5.41) is 0. The van der Waals surface area contributed by atoms with Crippen LogP contribution < -0.4 is 9.47 Å². The number of nitrogens with zero attached hydrogens (tertiary/aromatic N) is 3. The van der Waals surface area contributed by atoms with Gasteiger partial charge in [-0.15, -0.1) is 0 Å². The first kappa shape index (κ1) is 20.8. The van der Waals surface area contributed by atoms with Crippen LogP contribution in [-0.4, -0.2) is 51.1 Å². The summed E-state index contributed by atoms with van der Waals surface area (Å²) < 4.78 is 10.9. The Morgan fingerprint density at radius 2 is 1.52 bits per heavy atom. The van der Waals surface area contributed by atoms with Gasteiger partial charge in [-0.2, -0.15) is 0 Å². The third-order valence-electron chi connectivity index (χ3n) is 5.62. The van der Waals surface area contributed by atoms with Crippen molar-refractivity contribution in [2.75, 3.05) is 35.4 Å². The first-order valence-corrected chi connectivity index (χ1v) is 9.77. The Balaban J connectivity index is 2.20. The van der Waals surface area contributed by atoms with Crippen molar-refractivity contribution in [2.24, 2.45) is 4.99 Å². The molecule has 1 aliphatic rings. The lowest BCUT2D eigenvalue weighted by atomic mass is 9.91. The summed E-state index contributed by atoms with van der Waals surface area (Å²) in [6.45, 7) is 6.52. The second-order valence-corrected chi connectivity index (χ2v) is 7.57. The third-order valence-corrected chi connectivity index (χ3v) is 5.62. The first-order valence-electron chi connectivity index (χ1n) is 9.77. The molecule has 0 aliphatic carbocycles. The van der Waals surface area contributed by atoms with E-state index in [4.69, 9.17) is 9.47 Å². The van der Waals surface area contributed by atoms with Gasteiger partial charge in [-0.3, -0.25) is 4.99 Å². The number of hydrogen-bond acceptors (Lipinski definition) is 3. The Bertz CT molecular complexity index is 955. The molecule has 5 nitrogen and oxygen atoms in total. The van der Waals surface area contributed by atoms with Gasteiger partial charge in [-0.1, -0.05) is 17.7 Å². The van der Waals surface area contributed by atoms with Crippen LogP contribution in [0.2, 0.25) is 0 Å².